The maximum atomic E-state index is 11.0. The van der Waals surface area contributed by atoms with E-state index in [1.807, 2.05) is 24.3 Å². The van der Waals surface area contributed by atoms with Crippen LogP contribution in [0.25, 0.3) is 0 Å². The van der Waals surface area contributed by atoms with Gasteiger partial charge < -0.3 is 10.5 Å². The summed E-state index contributed by atoms with van der Waals surface area (Å²) in [6.45, 7) is 0. The molecule has 1 amide bonds. The quantitative estimate of drug-likeness (QED) is 0.875. The van der Waals surface area contributed by atoms with Gasteiger partial charge in [-0.1, -0.05) is 23.7 Å². The van der Waals surface area contributed by atoms with E-state index in [1.165, 1.54) is 0 Å². The van der Waals surface area contributed by atoms with Crippen LogP contribution < -0.4 is 5.73 Å². The average molecular weight is 240 g/mol. The number of rotatable bonds is 4. The van der Waals surface area contributed by atoms with Gasteiger partial charge in [0, 0.05) is 24.0 Å². The highest BCUT2D eigenvalue weighted by Gasteiger charge is 2.47. The fourth-order valence-corrected chi connectivity index (χ4v) is 2.32. The molecule has 2 rings (SSSR count). The molecule has 1 aromatic carbocycles. The minimum atomic E-state index is -0.242. The molecular weight excluding hydrogens is 226 g/mol. The van der Waals surface area contributed by atoms with Crippen molar-refractivity contribution in [2.24, 2.45) is 17.6 Å². The number of ether oxygens (including phenoxy) is 1. The summed E-state index contributed by atoms with van der Waals surface area (Å²) >= 11 is 5.92. The van der Waals surface area contributed by atoms with Crippen molar-refractivity contribution >= 4 is 17.5 Å². The van der Waals surface area contributed by atoms with Crippen LogP contribution in [0.4, 0.5) is 0 Å². The van der Waals surface area contributed by atoms with Crippen LogP contribution in [0.15, 0.2) is 24.3 Å². The Morgan fingerprint density at radius 1 is 1.62 bits per heavy atom. The Bertz CT molecular complexity index is 408. The molecule has 1 aromatic rings. The van der Waals surface area contributed by atoms with Crippen molar-refractivity contribution in [1.82, 2.24) is 0 Å². The molecule has 3 atom stereocenters. The van der Waals surface area contributed by atoms with E-state index in [2.05, 4.69) is 0 Å². The van der Waals surface area contributed by atoms with E-state index in [4.69, 9.17) is 22.1 Å². The van der Waals surface area contributed by atoms with Gasteiger partial charge in [-0.25, -0.2) is 0 Å². The van der Waals surface area contributed by atoms with Crippen molar-refractivity contribution in [1.29, 1.82) is 0 Å². The van der Waals surface area contributed by atoms with Crippen LogP contribution in [0.2, 0.25) is 5.02 Å². The predicted octanol–water partition coefficient (Wildman–Crippen LogP) is 2.15. The zero-order valence-corrected chi connectivity index (χ0v) is 9.78. The predicted molar refractivity (Wildman–Crippen MR) is 62.0 cm³/mol. The van der Waals surface area contributed by atoms with E-state index in [1.54, 1.807) is 7.11 Å². The third kappa shape index (κ3) is 2.20. The van der Waals surface area contributed by atoms with Crippen LogP contribution in [-0.4, -0.2) is 13.0 Å². The van der Waals surface area contributed by atoms with Crippen LogP contribution in [0.5, 0.6) is 0 Å². The van der Waals surface area contributed by atoms with Crippen LogP contribution in [0, 0.1) is 11.8 Å². The van der Waals surface area contributed by atoms with Gasteiger partial charge in [0.1, 0.15) is 0 Å². The van der Waals surface area contributed by atoms with Gasteiger partial charge >= 0.3 is 0 Å². The van der Waals surface area contributed by atoms with Crippen molar-refractivity contribution in [3.8, 4) is 0 Å². The van der Waals surface area contributed by atoms with Crippen molar-refractivity contribution < 1.29 is 9.53 Å². The summed E-state index contributed by atoms with van der Waals surface area (Å²) in [4.78, 5) is 11.0. The van der Waals surface area contributed by atoms with E-state index in [-0.39, 0.29) is 23.8 Å². The third-order valence-electron chi connectivity index (χ3n) is 3.03. The standard InChI is InChI=1S/C12H14ClNO2/c1-16-11(9-6-10(9)12(14)15)7-3-2-4-8(13)5-7/h2-5,9-11H,6H2,1H3,(H2,14,15). The molecular formula is C12H14ClNO2. The number of amides is 1. The minimum absolute atomic E-state index is 0.0519. The Labute approximate surface area is 99.5 Å². The molecule has 86 valence electrons. The molecule has 1 fully saturated rings. The summed E-state index contributed by atoms with van der Waals surface area (Å²) in [6.07, 6.45) is 0.719. The van der Waals surface area contributed by atoms with Gasteiger partial charge in [-0.3, -0.25) is 4.79 Å². The topological polar surface area (TPSA) is 52.3 Å². The zero-order valence-electron chi connectivity index (χ0n) is 9.02. The van der Waals surface area contributed by atoms with Crippen molar-refractivity contribution in [2.75, 3.05) is 7.11 Å². The van der Waals surface area contributed by atoms with E-state index in [9.17, 15) is 4.79 Å². The molecule has 0 aromatic heterocycles. The van der Waals surface area contributed by atoms with Gasteiger partial charge in [-0.2, -0.15) is 0 Å². The van der Waals surface area contributed by atoms with Gasteiger partial charge in [0.05, 0.1) is 6.10 Å². The first-order chi connectivity index (χ1) is 7.63. The van der Waals surface area contributed by atoms with Crippen molar-refractivity contribution in [3.63, 3.8) is 0 Å². The molecule has 0 spiro atoms. The number of carbonyl (C=O) groups excluding carboxylic acids is 1. The van der Waals surface area contributed by atoms with E-state index in [0.717, 1.165) is 12.0 Å². The summed E-state index contributed by atoms with van der Waals surface area (Å²) in [5.74, 6) is -0.0982. The summed E-state index contributed by atoms with van der Waals surface area (Å²) < 4.78 is 5.43. The van der Waals surface area contributed by atoms with Crippen LogP contribution in [0.1, 0.15) is 18.1 Å². The normalized spacial score (nSPS) is 25.1. The highest BCUT2D eigenvalue weighted by atomic mass is 35.5. The molecule has 0 heterocycles. The van der Waals surface area contributed by atoms with Gasteiger partial charge in [-0.05, 0) is 24.1 Å². The van der Waals surface area contributed by atoms with Gasteiger partial charge in [-0.15, -0.1) is 0 Å². The molecule has 3 nitrogen and oxygen atoms in total. The van der Waals surface area contributed by atoms with Crippen LogP contribution in [-0.2, 0) is 9.53 Å². The lowest BCUT2D eigenvalue weighted by molar-refractivity contribution is -0.119. The number of methoxy groups -OCH3 is 1. The number of hydrogen-bond acceptors (Lipinski definition) is 2. The van der Waals surface area contributed by atoms with Crippen LogP contribution in [0.3, 0.4) is 0 Å². The smallest absolute Gasteiger partial charge is 0.220 e. The second kappa shape index (κ2) is 4.44. The Morgan fingerprint density at radius 3 is 2.88 bits per heavy atom. The van der Waals surface area contributed by atoms with E-state index >= 15 is 0 Å². The molecule has 0 aliphatic heterocycles. The maximum Gasteiger partial charge on any atom is 0.220 e. The molecule has 1 saturated carbocycles. The maximum absolute atomic E-state index is 11.0. The fourth-order valence-electron chi connectivity index (χ4n) is 2.12. The Hall–Kier alpha value is -1.06. The summed E-state index contributed by atoms with van der Waals surface area (Å²) in [7, 11) is 1.64. The Balaban J connectivity index is 2.15. The molecule has 4 heteroatoms. The fraction of sp³-hybridized carbons (Fsp3) is 0.417. The monoisotopic (exact) mass is 239 g/mol. The first-order valence-electron chi connectivity index (χ1n) is 5.21. The van der Waals surface area contributed by atoms with Gasteiger partial charge in [0.15, 0.2) is 0 Å². The molecule has 0 saturated heterocycles. The molecule has 1 aliphatic carbocycles. The lowest BCUT2D eigenvalue weighted by atomic mass is 10.0. The molecule has 2 N–H and O–H groups in total. The largest absolute Gasteiger partial charge is 0.376 e. The third-order valence-corrected chi connectivity index (χ3v) is 3.26. The number of primary amides is 1. The minimum Gasteiger partial charge on any atom is -0.376 e. The molecule has 16 heavy (non-hydrogen) atoms. The highest BCUT2D eigenvalue weighted by Crippen LogP contribution is 2.48. The number of halogens is 1. The first kappa shape index (κ1) is 11.4. The zero-order chi connectivity index (χ0) is 11.7. The lowest BCUT2D eigenvalue weighted by Gasteiger charge is -2.15. The summed E-state index contributed by atoms with van der Waals surface area (Å²) in [5, 5.41) is 0.677. The van der Waals surface area contributed by atoms with Gasteiger partial charge in [0.25, 0.3) is 0 Å². The van der Waals surface area contributed by atoms with Crippen molar-refractivity contribution in [3.05, 3.63) is 34.9 Å². The number of nitrogens with two attached hydrogens (primary N) is 1. The SMILES string of the molecule is COC(c1cccc(Cl)c1)C1CC1C(N)=O. The molecule has 0 bridgehead atoms. The Morgan fingerprint density at radius 2 is 2.38 bits per heavy atom. The second-order valence-electron chi connectivity index (χ2n) is 4.12. The average Bonchev–Trinajstić information content (AvgIpc) is 2.99. The second-order valence-corrected chi connectivity index (χ2v) is 4.56. The molecule has 3 unspecified atom stereocenters. The van der Waals surface area contributed by atoms with Gasteiger partial charge in [0.2, 0.25) is 5.91 Å². The summed E-state index contributed by atoms with van der Waals surface area (Å²) in [5.41, 5.74) is 6.27. The van der Waals surface area contributed by atoms with E-state index in [0.29, 0.717) is 5.02 Å². The number of benzene rings is 1. The van der Waals surface area contributed by atoms with E-state index < -0.39 is 0 Å². The number of carbonyl (C=O) groups is 1. The molecule has 0 radical (unpaired) electrons. The highest BCUT2D eigenvalue weighted by molar-refractivity contribution is 6.30. The number of hydrogen-bond donors (Lipinski definition) is 1. The van der Waals surface area contributed by atoms with Crippen LogP contribution >= 0.6 is 11.6 Å². The summed E-state index contributed by atoms with van der Waals surface area (Å²) in [6, 6.07) is 7.52. The lowest BCUT2D eigenvalue weighted by Crippen LogP contribution is -2.16. The molecule has 1 aliphatic rings. The Kier molecular flexibility index (Phi) is 3.17. The van der Waals surface area contributed by atoms with Crippen molar-refractivity contribution in [2.45, 2.75) is 12.5 Å². The first-order valence-corrected chi connectivity index (χ1v) is 5.59.